The van der Waals surface area contributed by atoms with E-state index in [-0.39, 0.29) is 0 Å². The minimum atomic E-state index is 0.513. The Bertz CT molecular complexity index is 190. The van der Waals surface area contributed by atoms with Gasteiger partial charge in [0, 0.05) is 0 Å². The van der Waals surface area contributed by atoms with Crippen molar-refractivity contribution in [1.82, 2.24) is 0 Å². The Labute approximate surface area is 109 Å². The van der Waals surface area contributed by atoms with Crippen LogP contribution in [-0.4, -0.2) is 6.54 Å². The lowest BCUT2D eigenvalue weighted by molar-refractivity contribution is 0.120. The quantitative estimate of drug-likeness (QED) is 0.638. The molecule has 17 heavy (non-hydrogen) atoms. The minimum Gasteiger partial charge on any atom is -0.330 e. The summed E-state index contributed by atoms with van der Waals surface area (Å²) in [6.07, 6.45) is 12.5. The Morgan fingerprint density at radius 2 is 1.76 bits per heavy atom. The van der Waals surface area contributed by atoms with Crippen molar-refractivity contribution < 1.29 is 0 Å². The minimum absolute atomic E-state index is 0.513. The first-order chi connectivity index (χ1) is 8.13. The topological polar surface area (TPSA) is 26.0 Å². The third-order valence-electron chi connectivity index (χ3n) is 5.03. The van der Waals surface area contributed by atoms with Gasteiger partial charge in [0.1, 0.15) is 0 Å². The molecule has 2 N–H and O–H groups in total. The van der Waals surface area contributed by atoms with Crippen LogP contribution in [0.2, 0.25) is 0 Å². The first-order valence-electron chi connectivity index (χ1n) is 7.83. The molecule has 0 aromatic heterocycles. The van der Waals surface area contributed by atoms with Crippen molar-refractivity contribution in [3.05, 3.63) is 0 Å². The van der Waals surface area contributed by atoms with Crippen LogP contribution in [0.1, 0.15) is 78.6 Å². The molecular formula is C16H33N. The molecule has 102 valence electrons. The SMILES string of the molecule is CCCCCCC1(CN)CCC(C(C)C)CC1. The second kappa shape index (κ2) is 7.41. The van der Waals surface area contributed by atoms with Gasteiger partial charge in [0.2, 0.25) is 0 Å². The summed E-state index contributed by atoms with van der Waals surface area (Å²) in [6.45, 7) is 7.96. The molecule has 0 heterocycles. The van der Waals surface area contributed by atoms with Crippen molar-refractivity contribution in [2.75, 3.05) is 6.54 Å². The lowest BCUT2D eigenvalue weighted by Crippen LogP contribution is -2.35. The van der Waals surface area contributed by atoms with Gasteiger partial charge in [-0.25, -0.2) is 0 Å². The van der Waals surface area contributed by atoms with Gasteiger partial charge in [0.25, 0.3) is 0 Å². The summed E-state index contributed by atoms with van der Waals surface area (Å²) in [5.41, 5.74) is 6.59. The van der Waals surface area contributed by atoms with Crippen molar-refractivity contribution >= 4 is 0 Å². The largest absolute Gasteiger partial charge is 0.330 e. The third kappa shape index (κ3) is 4.62. The molecular weight excluding hydrogens is 206 g/mol. The Morgan fingerprint density at radius 1 is 1.12 bits per heavy atom. The van der Waals surface area contributed by atoms with Crippen LogP contribution in [-0.2, 0) is 0 Å². The molecule has 1 rings (SSSR count). The molecule has 0 aromatic carbocycles. The van der Waals surface area contributed by atoms with E-state index in [9.17, 15) is 0 Å². The van der Waals surface area contributed by atoms with Crippen molar-refractivity contribution in [3.63, 3.8) is 0 Å². The van der Waals surface area contributed by atoms with Gasteiger partial charge in [0.05, 0.1) is 0 Å². The van der Waals surface area contributed by atoms with Crippen molar-refractivity contribution in [2.24, 2.45) is 23.0 Å². The molecule has 0 saturated heterocycles. The molecule has 1 heteroatoms. The molecule has 0 atom stereocenters. The van der Waals surface area contributed by atoms with Crippen LogP contribution in [0.3, 0.4) is 0 Å². The Hall–Kier alpha value is -0.0400. The van der Waals surface area contributed by atoms with Gasteiger partial charge in [-0.15, -0.1) is 0 Å². The van der Waals surface area contributed by atoms with E-state index in [0.29, 0.717) is 5.41 Å². The lowest BCUT2D eigenvalue weighted by atomic mass is 9.66. The smallest absolute Gasteiger partial charge is 0.00205 e. The molecule has 0 radical (unpaired) electrons. The highest BCUT2D eigenvalue weighted by atomic mass is 14.6. The highest BCUT2D eigenvalue weighted by Gasteiger charge is 2.34. The van der Waals surface area contributed by atoms with E-state index in [1.165, 1.54) is 57.8 Å². The van der Waals surface area contributed by atoms with Crippen molar-refractivity contribution in [3.8, 4) is 0 Å². The molecule has 1 nitrogen and oxygen atoms in total. The maximum atomic E-state index is 6.07. The molecule has 0 amide bonds. The van der Waals surface area contributed by atoms with Crippen LogP contribution in [0.4, 0.5) is 0 Å². The number of rotatable bonds is 7. The second-order valence-corrected chi connectivity index (χ2v) is 6.60. The van der Waals surface area contributed by atoms with Gasteiger partial charge in [-0.3, -0.25) is 0 Å². The monoisotopic (exact) mass is 239 g/mol. The molecule has 0 bridgehead atoms. The maximum Gasteiger partial charge on any atom is -0.00205 e. The third-order valence-corrected chi connectivity index (χ3v) is 5.03. The molecule has 0 aromatic rings. The van der Waals surface area contributed by atoms with Crippen LogP contribution in [0.25, 0.3) is 0 Å². The zero-order valence-electron chi connectivity index (χ0n) is 12.3. The first-order valence-corrected chi connectivity index (χ1v) is 7.83. The maximum absolute atomic E-state index is 6.07. The summed E-state index contributed by atoms with van der Waals surface area (Å²) in [5, 5.41) is 0. The normalized spacial score (nSPS) is 29.8. The number of hydrogen-bond donors (Lipinski definition) is 1. The number of nitrogens with two attached hydrogens (primary N) is 1. The second-order valence-electron chi connectivity index (χ2n) is 6.60. The fourth-order valence-corrected chi connectivity index (χ4v) is 3.40. The molecule has 0 spiro atoms. The van der Waals surface area contributed by atoms with Gasteiger partial charge in [-0.05, 0) is 55.9 Å². The summed E-state index contributed by atoms with van der Waals surface area (Å²) >= 11 is 0. The summed E-state index contributed by atoms with van der Waals surface area (Å²) in [7, 11) is 0. The summed E-state index contributed by atoms with van der Waals surface area (Å²) in [5.74, 6) is 1.83. The molecule has 1 saturated carbocycles. The van der Waals surface area contributed by atoms with E-state index in [4.69, 9.17) is 5.73 Å². The summed E-state index contributed by atoms with van der Waals surface area (Å²) in [6, 6.07) is 0. The fourth-order valence-electron chi connectivity index (χ4n) is 3.40. The van der Waals surface area contributed by atoms with Crippen LogP contribution in [0.15, 0.2) is 0 Å². The number of unbranched alkanes of at least 4 members (excludes halogenated alkanes) is 3. The summed E-state index contributed by atoms with van der Waals surface area (Å²) < 4.78 is 0. The van der Waals surface area contributed by atoms with E-state index in [1.54, 1.807) is 0 Å². The lowest BCUT2D eigenvalue weighted by Gasteiger charge is -2.41. The Balaban J connectivity index is 2.33. The van der Waals surface area contributed by atoms with E-state index in [2.05, 4.69) is 20.8 Å². The zero-order chi connectivity index (χ0) is 12.7. The number of hydrogen-bond acceptors (Lipinski definition) is 1. The van der Waals surface area contributed by atoms with E-state index >= 15 is 0 Å². The highest BCUT2D eigenvalue weighted by molar-refractivity contribution is 4.87. The van der Waals surface area contributed by atoms with Gasteiger partial charge in [-0.2, -0.15) is 0 Å². The van der Waals surface area contributed by atoms with Crippen LogP contribution in [0, 0.1) is 17.3 Å². The van der Waals surface area contributed by atoms with Crippen molar-refractivity contribution in [2.45, 2.75) is 78.6 Å². The first kappa shape index (κ1) is 15.0. The van der Waals surface area contributed by atoms with Gasteiger partial charge in [-0.1, -0.05) is 46.5 Å². The average molecular weight is 239 g/mol. The fraction of sp³-hybridized carbons (Fsp3) is 1.00. The van der Waals surface area contributed by atoms with Crippen molar-refractivity contribution in [1.29, 1.82) is 0 Å². The molecule has 0 unspecified atom stereocenters. The van der Waals surface area contributed by atoms with Crippen LogP contribution in [0.5, 0.6) is 0 Å². The zero-order valence-corrected chi connectivity index (χ0v) is 12.3. The molecule has 1 aliphatic carbocycles. The standard InChI is InChI=1S/C16H33N/c1-4-5-6-7-10-16(13-17)11-8-15(9-12-16)14(2)3/h14-15H,4-13,17H2,1-3H3. The molecule has 1 aliphatic rings. The van der Waals surface area contributed by atoms with Gasteiger partial charge in [0.15, 0.2) is 0 Å². The van der Waals surface area contributed by atoms with Crippen LogP contribution >= 0.6 is 0 Å². The molecule has 1 fully saturated rings. The summed E-state index contributed by atoms with van der Waals surface area (Å²) in [4.78, 5) is 0. The average Bonchev–Trinajstić information content (AvgIpc) is 2.35. The van der Waals surface area contributed by atoms with Crippen LogP contribution < -0.4 is 5.73 Å². The van der Waals surface area contributed by atoms with Gasteiger partial charge >= 0.3 is 0 Å². The van der Waals surface area contributed by atoms with Gasteiger partial charge < -0.3 is 5.73 Å². The Kier molecular flexibility index (Phi) is 6.54. The predicted octanol–water partition coefficient (Wildman–Crippen LogP) is 4.75. The molecule has 0 aliphatic heterocycles. The Morgan fingerprint density at radius 3 is 2.24 bits per heavy atom. The highest BCUT2D eigenvalue weighted by Crippen LogP contribution is 2.43. The predicted molar refractivity (Wildman–Crippen MR) is 77.0 cm³/mol. The van der Waals surface area contributed by atoms with E-state index < -0.39 is 0 Å². The van der Waals surface area contributed by atoms with E-state index in [1.807, 2.05) is 0 Å². The van der Waals surface area contributed by atoms with E-state index in [0.717, 1.165) is 18.4 Å².